The van der Waals surface area contributed by atoms with Crippen LogP contribution in [0.1, 0.15) is 42.7 Å². The van der Waals surface area contributed by atoms with Gasteiger partial charge in [0.1, 0.15) is 0 Å². The fourth-order valence-electron chi connectivity index (χ4n) is 1.27. The van der Waals surface area contributed by atoms with Gasteiger partial charge < -0.3 is 9.84 Å². The van der Waals surface area contributed by atoms with Crippen molar-refractivity contribution in [3.05, 3.63) is 16.1 Å². The molecule has 1 aromatic rings. The standard InChI is InChI=1S/C11H17NO3S/c1-4-15-9(14)8-7-16-10(12-8)11(2,3)5-6-13/h7,13H,4-6H2,1-3H3. The molecule has 0 unspecified atom stereocenters. The Kier molecular flexibility index (Phi) is 4.44. The number of esters is 1. The van der Waals surface area contributed by atoms with Gasteiger partial charge in [0.05, 0.1) is 11.6 Å². The van der Waals surface area contributed by atoms with Gasteiger partial charge in [-0.2, -0.15) is 0 Å². The van der Waals surface area contributed by atoms with Gasteiger partial charge in [-0.15, -0.1) is 11.3 Å². The second-order valence-corrected chi connectivity index (χ2v) is 4.97. The molecule has 0 spiro atoms. The van der Waals surface area contributed by atoms with E-state index in [-0.39, 0.29) is 18.0 Å². The topological polar surface area (TPSA) is 59.4 Å². The highest BCUT2D eigenvalue weighted by molar-refractivity contribution is 7.10. The molecule has 4 nitrogen and oxygen atoms in total. The molecule has 1 rings (SSSR count). The zero-order chi connectivity index (χ0) is 12.2. The van der Waals surface area contributed by atoms with Gasteiger partial charge in [0, 0.05) is 17.4 Å². The van der Waals surface area contributed by atoms with Gasteiger partial charge in [-0.3, -0.25) is 0 Å². The number of carbonyl (C=O) groups is 1. The van der Waals surface area contributed by atoms with Gasteiger partial charge in [0.15, 0.2) is 5.69 Å². The van der Waals surface area contributed by atoms with Crippen LogP contribution in [0.5, 0.6) is 0 Å². The van der Waals surface area contributed by atoms with Gasteiger partial charge in [-0.25, -0.2) is 9.78 Å². The van der Waals surface area contributed by atoms with E-state index in [0.717, 1.165) is 5.01 Å². The zero-order valence-corrected chi connectivity index (χ0v) is 10.6. The third-order valence-electron chi connectivity index (χ3n) is 2.30. The van der Waals surface area contributed by atoms with Crippen molar-refractivity contribution < 1.29 is 14.6 Å². The highest BCUT2D eigenvalue weighted by Crippen LogP contribution is 2.29. The van der Waals surface area contributed by atoms with E-state index in [1.165, 1.54) is 11.3 Å². The molecule has 0 radical (unpaired) electrons. The molecule has 5 heteroatoms. The Morgan fingerprint density at radius 3 is 2.88 bits per heavy atom. The van der Waals surface area contributed by atoms with E-state index in [1.807, 2.05) is 13.8 Å². The predicted octanol–water partition coefficient (Wildman–Crippen LogP) is 1.98. The third kappa shape index (κ3) is 3.02. The van der Waals surface area contributed by atoms with Crippen molar-refractivity contribution in [2.45, 2.75) is 32.6 Å². The molecule has 0 aliphatic rings. The molecule has 0 bridgehead atoms. The van der Waals surface area contributed by atoms with E-state index in [9.17, 15) is 4.79 Å². The van der Waals surface area contributed by atoms with Crippen molar-refractivity contribution in [3.8, 4) is 0 Å². The smallest absolute Gasteiger partial charge is 0.357 e. The van der Waals surface area contributed by atoms with E-state index >= 15 is 0 Å². The van der Waals surface area contributed by atoms with Crippen LogP contribution in [0.2, 0.25) is 0 Å². The maximum absolute atomic E-state index is 11.4. The van der Waals surface area contributed by atoms with Crippen molar-refractivity contribution in [1.82, 2.24) is 4.98 Å². The first-order valence-corrected chi connectivity index (χ1v) is 6.13. The first kappa shape index (κ1) is 13.1. The van der Waals surface area contributed by atoms with Crippen LogP contribution in [0.25, 0.3) is 0 Å². The fourth-order valence-corrected chi connectivity index (χ4v) is 2.21. The summed E-state index contributed by atoms with van der Waals surface area (Å²) < 4.78 is 4.87. The molecule has 16 heavy (non-hydrogen) atoms. The summed E-state index contributed by atoms with van der Waals surface area (Å²) in [7, 11) is 0. The molecular weight excluding hydrogens is 226 g/mol. The molecular formula is C11H17NO3S. The van der Waals surface area contributed by atoms with Crippen molar-refractivity contribution in [3.63, 3.8) is 0 Å². The molecule has 0 amide bonds. The second-order valence-electron chi connectivity index (χ2n) is 4.12. The average molecular weight is 243 g/mol. The molecule has 0 aliphatic heterocycles. The average Bonchev–Trinajstić information content (AvgIpc) is 2.67. The molecule has 0 atom stereocenters. The fraction of sp³-hybridized carbons (Fsp3) is 0.636. The number of aliphatic hydroxyl groups is 1. The first-order valence-electron chi connectivity index (χ1n) is 5.25. The molecule has 90 valence electrons. The Hall–Kier alpha value is -0.940. The molecule has 0 aliphatic carbocycles. The van der Waals surface area contributed by atoms with E-state index in [0.29, 0.717) is 18.7 Å². The second kappa shape index (κ2) is 5.41. The largest absolute Gasteiger partial charge is 0.461 e. The molecule has 0 saturated carbocycles. The Morgan fingerprint density at radius 2 is 2.31 bits per heavy atom. The summed E-state index contributed by atoms with van der Waals surface area (Å²) in [6, 6.07) is 0. The van der Waals surface area contributed by atoms with Crippen LogP contribution in [0.15, 0.2) is 5.38 Å². The summed E-state index contributed by atoms with van der Waals surface area (Å²) >= 11 is 1.43. The Morgan fingerprint density at radius 1 is 1.62 bits per heavy atom. The lowest BCUT2D eigenvalue weighted by molar-refractivity contribution is 0.0520. The molecule has 1 aromatic heterocycles. The lowest BCUT2D eigenvalue weighted by Gasteiger charge is -2.19. The van der Waals surface area contributed by atoms with Gasteiger partial charge >= 0.3 is 5.97 Å². The molecule has 0 fully saturated rings. The number of aromatic nitrogens is 1. The summed E-state index contributed by atoms with van der Waals surface area (Å²) in [5, 5.41) is 11.5. The highest BCUT2D eigenvalue weighted by Gasteiger charge is 2.25. The van der Waals surface area contributed by atoms with Gasteiger partial charge in [-0.1, -0.05) is 13.8 Å². The van der Waals surface area contributed by atoms with Crippen LogP contribution in [0.4, 0.5) is 0 Å². The van der Waals surface area contributed by atoms with E-state index in [2.05, 4.69) is 4.98 Å². The van der Waals surface area contributed by atoms with Crippen LogP contribution < -0.4 is 0 Å². The number of thiazole rings is 1. The number of ether oxygens (including phenoxy) is 1. The minimum Gasteiger partial charge on any atom is -0.461 e. The van der Waals surface area contributed by atoms with Gasteiger partial charge in [0.25, 0.3) is 0 Å². The third-order valence-corrected chi connectivity index (χ3v) is 3.51. The summed E-state index contributed by atoms with van der Waals surface area (Å²) in [5.74, 6) is -0.384. The van der Waals surface area contributed by atoms with Crippen molar-refractivity contribution in [1.29, 1.82) is 0 Å². The Bertz CT molecular complexity index is 360. The summed E-state index contributed by atoms with van der Waals surface area (Å²) in [6.45, 7) is 6.22. The number of hydrogen-bond donors (Lipinski definition) is 1. The number of rotatable bonds is 5. The maximum Gasteiger partial charge on any atom is 0.357 e. The molecule has 1 heterocycles. The minimum atomic E-state index is -0.384. The first-order chi connectivity index (χ1) is 7.51. The molecule has 1 N–H and O–H groups in total. The molecule has 0 aromatic carbocycles. The number of hydrogen-bond acceptors (Lipinski definition) is 5. The summed E-state index contributed by atoms with van der Waals surface area (Å²) in [6.07, 6.45) is 0.628. The Labute approximate surface area is 99.3 Å². The van der Waals surface area contributed by atoms with Gasteiger partial charge in [0.2, 0.25) is 0 Å². The quantitative estimate of drug-likeness (QED) is 0.803. The van der Waals surface area contributed by atoms with E-state index in [1.54, 1.807) is 12.3 Å². The van der Waals surface area contributed by atoms with E-state index < -0.39 is 0 Å². The van der Waals surface area contributed by atoms with Crippen molar-refractivity contribution in [2.75, 3.05) is 13.2 Å². The normalized spacial score (nSPS) is 11.5. The van der Waals surface area contributed by atoms with Crippen LogP contribution in [-0.2, 0) is 10.2 Å². The van der Waals surface area contributed by atoms with Crippen LogP contribution >= 0.6 is 11.3 Å². The van der Waals surface area contributed by atoms with Crippen molar-refractivity contribution >= 4 is 17.3 Å². The minimum absolute atomic E-state index is 0.112. The SMILES string of the molecule is CCOC(=O)c1csc(C(C)(C)CCO)n1. The van der Waals surface area contributed by atoms with Crippen molar-refractivity contribution in [2.24, 2.45) is 0 Å². The predicted molar refractivity (Wildman–Crippen MR) is 62.8 cm³/mol. The summed E-state index contributed by atoms with van der Waals surface area (Å²) in [5.41, 5.74) is 0.150. The number of carbonyl (C=O) groups excluding carboxylic acids is 1. The lowest BCUT2D eigenvalue weighted by Crippen LogP contribution is -2.19. The van der Waals surface area contributed by atoms with Gasteiger partial charge in [-0.05, 0) is 13.3 Å². The van der Waals surface area contributed by atoms with Crippen LogP contribution in [-0.4, -0.2) is 29.3 Å². The molecule has 0 saturated heterocycles. The lowest BCUT2D eigenvalue weighted by atomic mass is 9.91. The Balaban J connectivity index is 2.82. The highest BCUT2D eigenvalue weighted by atomic mass is 32.1. The number of nitrogens with zero attached hydrogens (tertiary/aromatic N) is 1. The number of aliphatic hydroxyl groups excluding tert-OH is 1. The van der Waals surface area contributed by atoms with E-state index in [4.69, 9.17) is 9.84 Å². The monoisotopic (exact) mass is 243 g/mol. The zero-order valence-electron chi connectivity index (χ0n) is 9.82. The van der Waals surface area contributed by atoms with Crippen LogP contribution in [0.3, 0.4) is 0 Å². The maximum atomic E-state index is 11.4. The summed E-state index contributed by atoms with van der Waals surface area (Å²) in [4.78, 5) is 15.7. The van der Waals surface area contributed by atoms with Crippen LogP contribution in [0, 0.1) is 0 Å².